The van der Waals surface area contributed by atoms with Gasteiger partial charge in [-0.25, -0.2) is 9.18 Å². The molecule has 0 spiro atoms. The molecule has 0 bridgehead atoms. The summed E-state index contributed by atoms with van der Waals surface area (Å²) in [5, 5.41) is 0. The highest BCUT2D eigenvalue weighted by atomic mass is 19.1. The van der Waals surface area contributed by atoms with E-state index in [1.807, 2.05) is 12.1 Å². The lowest BCUT2D eigenvalue weighted by Gasteiger charge is -2.27. The van der Waals surface area contributed by atoms with Crippen molar-refractivity contribution in [2.24, 2.45) is 5.41 Å². The van der Waals surface area contributed by atoms with Crippen LogP contribution in [-0.2, 0) is 9.53 Å². The molecule has 1 aliphatic heterocycles. The van der Waals surface area contributed by atoms with Gasteiger partial charge in [0.15, 0.2) is 11.5 Å². The third kappa shape index (κ3) is 5.59. The number of rotatable bonds is 8. The molecule has 1 saturated heterocycles. The molecule has 188 valence electrons. The molecule has 1 fully saturated rings. The Bertz CT molecular complexity index is 1200. The van der Waals surface area contributed by atoms with Gasteiger partial charge in [0.2, 0.25) is 0 Å². The molecule has 1 atom stereocenters. The van der Waals surface area contributed by atoms with Crippen molar-refractivity contribution >= 4 is 12.1 Å². The molecule has 8 heteroatoms. The van der Waals surface area contributed by atoms with Crippen LogP contribution in [-0.4, -0.2) is 50.4 Å². The monoisotopic (exact) mass is 493 g/mol. The number of hydrogen-bond acceptors (Lipinski definition) is 6. The van der Waals surface area contributed by atoms with E-state index in [1.165, 1.54) is 24.1 Å². The van der Waals surface area contributed by atoms with Crippen LogP contribution in [0.15, 0.2) is 72.8 Å². The topological polar surface area (TPSA) is 74.3 Å². The first-order valence-electron chi connectivity index (χ1n) is 11.7. The molecule has 1 heterocycles. The number of methoxy groups -OCH3 is 1. The van der Waals surface area contributed by atoms with Crippen molar-refractivity contribution in [1.82, 2.24) is 4.90 Å². The fraction of sp³-hybridized carbons (Fsp3) is 0.286. The number of carbonyl (C=O) groups excluding carboxylic acids is 2. The molecule has 0 N–H and O–H groups in total. The van der Waals surface area contributed by atoms with Crippen molar-refractivity contribution in [2.75, 3.05) is 33.4 Å². The highest BCUT2D eigenvalue weighted by molar-refractivity contribution is 5.80. The van der Waals surface area contributed by atoms with Gasteiger partial charge in [-0.1, -0.05) is 36.4 Å². The number of nitrogens with zero attached hydrogens (tertiary/aromatic N) is 1. The van der Waals surface area contributed by atoms with E-state index >= 15 is 0 Å². The van der Waals surface area contributed by atoms with Crippen LogP contribution in [0.5, 0.6) is 17.2 Å². The van der Waals surface area contributed by atoms with E-state index in [0.717, 1.165) is 11.1 Å². The van der Waals surface area contributed by atoms with Gasteiger partial charge >= 0.3 is 12.1 Å². The molecule has 36 heavy (non-hydrogen) atoms. The molecule has 4 rings (SSSR count). The zero-order valence-electron chi connectivity index (χ0n) is 20.2. The van der Waals surface area contributed by atoms with E-state index < -0.39 is 17.5 Å². The number of likely N-dealkylation sites (tertiary alicyclic amines) is 1. The maximum absolute atomic E-state index is 13.2. The van der Waals surface area contributed by atoms with Crippen LogP contribution in [0.2, 0.25) is 0 Å². The Morgan fingerprint density at radius 2 is 1.58 bits per heavy atom. The second kappa shape index (κ2) is 11.1. The Morgan fingerprint density at radius 1 is 0.944 bits per heavy atom. The lowest BCUT2D eigenvalue weighted by molar-refractivity contribution is -0.156. The van der Waals surface area contributed by atoms with E-state index in [4.69, 9.17) is 18.9 Å². The quantitative estimate of drug-likeness (QED) is 0.395. The fourth-order valence-corrected chi connectivity index (χ4v) is 4.12. The van der Waals surface area contributed by atoms with Crippen LogP contribution >= 0.6 is 0 Å². The molecular weight excluding hydrogens is 465 g/mol. The van der Waals surface area contributed by atoms with Gasteiger partial charge in [-0.15, -0.1) is 0 Å². The summed E-state index contributed by atoms with van der Waals surface area (Å²) in [6.45, 7) is 2.43. The zero-order chi connectivity index (χ0) is 25.5. The van der Waals surface area contributed by atoms with Crippen molar-refractivity contribution in [3.63, 3.8) is 0 Å². The van der Waals surface area contributed by atoms with Crippen LogP contribution in [0.3, 0.4) is 0 Å². The number of ether oxygens (including phenoxy) is 4. The van der Waals surface area contributed by atoms with Gasteiger partial charge < -0.3 is 23.8 Å². The maximum Gasteiger partial charge on any atom is 0.415 e. The largest absolute Gasteiger partial charge is 0.493 e. The molecule has 0 radical (unpaired) electrons. The first kappa shape index (κ1) is 25.0. The zero-order valence-corrected chi connectivity index (χ0v) is 20.2. The van der Waals surface area contributed by atoms with Crippen LogP contribution in [0.25, 0.3) is 11.1 Å². The molecule has 1 aliphatic rings. The van der Waals surface area contributed by atoms with Gasteiger partial charge in [0.05, 0.1) is 13.7 Å². The number of hydrogen-bond donors (Lipinski definition) is 0. The van der Waals surface area contributed by atoms with Crippen molar-refractivity contribution in [2.45, 2.75) is 13.3 Å². The van der Waals surface area contributed by atoms with Crippen molar-refractivity contribution in [3.05, 3.63) is 78.6 Å². The molecular formula is C28H28FNO6. The minimum atomic E-state index is -1.02. The molecule has 3 aromatic carbocycles. The van der Waals surface area contributed by atoms with E-state index in [0.29, 0.717) is 30.2 Å². The summed E-state index contributed by atoms with van der Waals surface area (Å²) in [6, 6.07) is 20.4. The van der Waals surface area contributed by atoms with Crippen LogP contribution < -0.4 is 14.2 Å². The Kier molecular flexibility index (Phi) is 7.73. The number of amides is 1. The van der Waals surface area contributed by atoms with Gasteiger partial charge in [0, 0.05) is 13.1 Å². The van der Waals surface area contributed by atoms with Crippen LogP contribution in [0.4, 0.5) is 9.18 Å². The standard InChI is InChI=1S/C28H28FNO6/c1-3-34-26(31)28(16-17-30(18-28)27(32)36-25-7-5-4-6-24(25)33-2)19-35-23-14-10-21(11-15-23)20-8-12-22(29)13-9-20/h4-15H,3,16-19H2,1-2H3. The van der Waals surface area contributed by atoms with Gasteiger partial charge in [-0.2, -0.15) is 0 Å². The van der Waals surface area contributed by atoms with Crippen LogP contribution in [0.1, 0.15) is 13.3 Å². The summed E-state index contributed by atoms with van der Waals surface area (Å²) in [5.74, 6) is 0.603. The van der Waals surface area contributed by atoms with Crippen molar-refractivity contribution in [3.8, 4) is 28.4 Å². The molecule has 1 amide bonds. The summed E-state index contributed by atoms with van der Waals surface area (Å²) in [7, 11) is 1.50. The van der Waals surface area contributed by atoms with E-state index in [2.05, 4.69) is 0 Å². The first-order valence-corrected chi connectivity index (χ1v) is 11.7. The Labute approximate surface area is 209 Å². The van der Waals surface area contributed by atoms with Gasteiger partial charge in [-0.05, 0) is 60.9 Å². The number of halogens is 1. The molecule has 3 aromatic rings. The third-order valence-electron chi connectivity index (χ3n) is 6.13. The number of benzene rings is 3. The lowest BCUT2D eigenvalue weighted by Crippen LogP contribution is -2.43. The van der Waals surface area contributed by atoms with E-state index in [-0.39, 0.29) is 25.6 Å². The molecule has 0 saturated carbocycles. The summed E-state index contributed by atoms with van der Waals surface area (Å²) < 4.78 is 35.3. The number of para-hydroxylation sites is 2. The highest BCUT2D eigenvalue weighted by Crippen LogP contribution is 2.35. The number of esters is 1. The second-order valence-corrected chi connectivity index (χ2v) is 8.51. The van der Waals surface area contributed by atoms with Gasteiger partial charge in [0.1, 0.15) is 23.6 Å². The molecule has 0 aromatic heterocycles. The second-order valence-electron chi connectivity index (χ2n) is 8.51. The normalized spacial score (nSPS) is 16.9. The maximum atomic E-state index is 13.2. The SMILES string of the molecule is CCOC(=O)C1(COc2ccc(-c3ccc(F)cc3)cc2)CCN(C(=O)Oc2ccccc2OC)C1. The average molecular weight is 494 g/mol. The smallest absolute Gasteiger partial charge is 0.415 e. The average Bonchev–Trinajstić information content (AvgIpc) is 3.35. The summed E-state index contributed by atoms with van der Waals surface area (Å²) in [5.41, 5.74) is 0.769. The number of carbonyl (C=O) groups is 2. The fourth-order valence-electron chi connectivity index (χ4n) is 4.12. The minimum Gasteiger partial charge on any atom is -0.493 e. The summed E-state index contributed by atoms with van der Waals surface area (Å²) >= 11 is 0. The van der Waals surface area contributed by atoms with Crippen molar-refractivity contribution in [1.29, 1.82) is 0 Å². The molecule has 7 nitrogen and oxygen atoms in total. The predicted molar refractivity (Wildman–Crippen MR) is 132 cm³/mol. The first-order chi connectivity index (χ1) is 17.4. The predicted octanol–water partition coefficient (Wildman–Crippen LogP) is 5.33. The Hall–Kier alpha value is -4.07. The van der Waals surface area contributed by atoms with E-state index in [9.17, 15) is 14.0 Å². The summed E-state index contributed by atoms with van der Waals surface area (Å²) in [6.07, 6.45) is -0.199. The van der Waals surface area contributed by atoms with Crippen LogP contribution in [0, 0.1) is 11.2 Å². The lowest BCUT2D eigenvalue weighted by atomic mass is 9.88. The van der Waals surface area contributed by atoms with Crippen molar-refractivity contribution < 1.29 is 32.9 Å². The van der Waals surface area contributed by atoms with Gasteiger partial charge in [0.25, 0.3) is 0 Å². The minimum absolute atomic E-state index is 0.0418. The third-order valence-corrected chi connectivity index (χ3v) is 6.13. The Morgan fingerprint density at radius 3 is 2.22 bits per heavy atom. The molecule has 1 unspecified atom stereocenters. The molecule has 0 aliphatic carbocycles. The van der Waals surface area contributed by atoms with E-state index in [1.54, 1.807) is 55.5 Å². The van der Waals surface area contributed by atoms with Gasteiger partial charge in [-0.3, -0.25) is 4.79 Å². The highest BCUT2D eigenvalue weighted by Gasteiger charge is 2.49. The Balaban J connectivity index is 1.44. The summed E-state index contributed by atoms with van der Waals surface area (Å²) in [4.78, 5) is 27.3.